The summed E-state index contributed by atoms with van der Waals surface area (Å²) in [5.74, 6) is 0. The predicted octanol–water partition coefficient (Wildman–Crippen LogP) is 2.61. The van der Waals surface area contributed by atoms with Crippen LogP contribution >= 0.6 is 15.9 Å². The number of hydrogen-bond donors (Lipinski definition) is 0. The van der Waals surface area contributed by atoms with Crippen LogP contribution in [0.25, 0.3) is 0 Å². The van der Waals surface area contributed by atoms with E-state index < -0.39 is 0 Å². The fraction of sp³-hybridized carbons (Fsp3) is 0.500. The summed E-state index contributed by atoms with van der Waals surface area (Å²) in [4.78, 5) is 6.85. The van der Waals surface area contributed by atoms with Gasteiger partial charge < -0.3 is 0 Å². The van der Waals surface area contributed by atoms with Crippen molar-refractivity contribution in [2.45, 2.75) is 18.9 Å². The van der Waals surface area contributed by atoms with Gasteiger partial charge in [0, 0.05) is 0 Å². The molecule has 3 heteroatoms. The molecular formula is C10H13BrN2. The maximum Gasteiger partial charge on any atom is 0.106 e. The normalized spacial score (nSPS) is 23.7. The Morgan fingerprint density at radius 3 is 3.00 bits per heavy atom. The van der Waals surface area contributed by atoms with Crippen LogP contribution < -0.4 is 0 Å². The second-order valence-electron chi connectivity index (χ2n) is 3.52. The van der Waals surface area contributed by atoms with Crippen LogP contribution in [0.4, 0.5) is 0 Å². The number of pyridine rings is 1. The first-order valence-corrected chi connectivity index (χ1v) is 5.39. The Balaban J connectivity index is 2.24. The summed E-state index contributed by atoms with van der Waals surface area (Å²) >= 11 is 3.40. The Morgan fingerprint density at radius 1 is 1.54 bits per heavy atom. The number of nitrogens with zero attached hydrogens (tertiary/aromatic N) is 2. The zero-order valence-corrected chi connectivity index (χ0v) is 9.29. The molecule has 0 amide bonds. The van der Waals surface area contributed by atoms with E-state index in [9.17, 15) is 0 Å². The Hall–Kier alpha value is -0.410. The lowest BCUT2D eigenvalue weighted by Gasteiger charge is -2.18. The zero-order chi connectivity index (χ0) is 9.26. The number of halogens is 1. The topological polar surface area (TPSA) is 16.1 Å². The van der Waals surface area contributed by atoms with Gasteiger partial charge in [0.25, 0.3) is 0 Å². The van der Waals surface area contributed by atoms with E-state index in [1.807, 2.05) is 6.07 Å². The van der Waals surface area contributed by atoms with Gasteiger partial charge in [0.2, 0.25) is 0 Å². The molecule has 13 heavy (non-hydrogen) atoms. The maximum absolute atomic E-state index is 4.48. The first-order valence-electron chi connectivity index (χ1n) is 4.60. The summed E-state index contributed by atoms with van der Waals surface area (Å²) < 4.78 is 0.935. The van der Waals surface area contributed by atoms with Crippen molar-refractivity contribution in [3.8, 4) is 0 Å². The van der Waals surface area contributed by atoms with Crippen LogP contribution in [0.2, 0.25) is 0 Å². The Bertz CT molecular complexity index is 301. The molecule has 0 aromatic carbocycles. The van der Waals surface area contributed by atoms with Gasteiger partial charge in [-0.1, -0.05) is 6.07 Å². The molecule has 1 aromatic heterocycles. The van der Waals surface area contributed by atoms with Crippen molar-refractivity contribution in [2.75, 3.05) is 13.6 Å². The Labute approximate surface area is 87.1 Å². The average molecular weight is 241 g/mol. The molecule has 2 heterocycles. The smallest absolute Gasteiger partial charge is 0.106 e. The largest absolute Gasteiger partial charge is 0.298 e. The quantitative estimate of drug-likeness (QED) is 0.702. The van der Waals surface area contributed by atoms with Crippen molar-refractivity contribution >= 4 is 15.9 Å². The maximum atomic E-state index is 4.48. The van der Waals surface area contributed by atoms with E-state index in [-0.39, 0.29) is 0 Å². The molecule has 0 bridgehead atoms. The lowest BCUT2D eigenvalue weighted by atomic mass is 10.1. The van der Waals surface area contributed by atoms with E-state index in [0.717, 1.165) is 4.60 Å². The molecule has 70 valence electrons. The van der Waals surface area contributed by atoms with Crippen molar-refractivity contribution in [2.24, 2.45) is 0 Å². The average Bonchev–Trinajstić information content (AvgIpc) is 2.51. The number of rotatable bonds is 1. The van der Waals surface area contributed by atoms with Crippen LogP contribution in [0.5, 0.6) is 0 Å². The lowest BCUT2D eigenvalue weighted by Crippen LogP contribution is -2.18. The van der Waals surface area contributed by atoms with Gasteiger partial charge in [-0.2, -0.15) is 0 Å². The highest BCUT2D eigenvalue weighted by atomic mass is 79.9. The third-order valence-electron chi connectivity index (χ3n) is 2.60. The SMILES string of the molecule is CN1CCC[C@H]1c1cccc(Br)n1. The van der Waals surface area contributed by atoms with E-state index in [4.69, 9.17) is 0 Å². The van der Waals surface area contributed by atoms with Crippen molar-refractivity contribution in [1.82, 2.24) is 9.88 Å². The van der Waals surface area contributed by atoms with Crippen LogP contribution in [0, 0.1) is 0 Å². The molecule has 1 aliphatic heterocycles. The van der Waals surface area contributed by atoms with Crippen LogP contribution in [-0.4, -0.2) is 23.5 Å². The van der Waals surface area contributed by atoms with Gasteiger partial charge in [-0.3, -0.25) is 4.90 Å². The highest BCUT2D eigenvalue weighted by Crippen LogP contribution is 2.29. The van der Waals surface area contributed by atoms with Crippen molar-refractivity contribution in [3.05, 3.63) is 28.5 Å². The van der Waals surface area contributed by atoms with E-state index in [2.05, 4.69) is 45.0 Å². The second kappa shape index (κ2) is 3.76. The molecule has 1 fully saturated rings. The molecule has 1 saturated heterocycles. The van der Waals surface area contributed by atoms with Crippen LogP contribution in [0.1, 0.15) is 24.6 Å². The van der Waals surface area contributed by atoms with Gasteiger partial charge in [0.1, 0.15) is 4.60 Å². The highest BCUT2D eigenvalue weighted by Gasteiger charge is 2.23. The second-order valence-corrected chi connectivity index (χ2v) is 4.34. The third-order valence-corrected chi connectivity index (χ3v) is 3.04. The summed E-state index contributed by atoms with van der Waals surface area (Å²) in [6.07, 6.45) is 2.52. The molecule has 0 N–H and O–H groups in total. The molecule has 2 nitrogen and oxygen atoms in total. The van der Waals surface area contributed by atoms with Gasteiger partial charge in [0.15, 0.2) is 0 Å². The minimum atomic E-state index is 0.525. The van der Waals surface area contributed by atoms with E-state index in [0.29, 0.717) is 6.04 Å². The Morgan fingerprint density at radius 2 is 2.38 bits per heavy atom. The van der Waals surface area contributed by atoms with Gasteiger partial charge in [-0.05, 0) is 54.5 Å². The molecule has 0 spiro atoms. The molecule has 1 aliphatic rings. The van der Waals surface area contributed by atoms with Gasteiger partial charge >= 0.3 is 0 Å². The standard InChI is InChI=1S/C10H13BrN2/c1-13-7-3-5-9(13)8-4-2-6-10(11)12-8/h2,4,6,9H,3,5,7H2,1H3/t9-/m0/s1. The third kappa shape index (κ3) is 1.92. The first-order chi connectivity index (χ1) is 6.27. The predicted molar refractivity (Wildman–Crippen MR) is 56.5 cm³/mol. The fourth-order valence-corrected chi connectivity index (χ4v) is 2.25. The number of aromatic nitrogens is 1. The molecule has 0 unspecified atom stereocenters. The van der Waals surface area contributed by atoms with E-state index >= 15 is 0 Å². The van der Waals surface area contributed by atoms with Crippen molar-refractivity contribution in [3.63, 3.8) is 0 Å². The van der Waals surface area contributed by atoms with Gasteiger partial charge in [-0.15, -0.1) is 0 Å². The molecule has 2 rings (SSSR count). The summed E-state index contributed by atoms with van der Waals surface area (Å²) in [5, 5.41) is 0. The summed E-state index contributed by atoms with van der Waals surface area (Å²) in [6, 6.07) is 6.66. The molecule has 0 aliphatic carbocycles. The summed E-state index contributed by atoms with van der Waals surface area (Å²) in [7, 11) is 2.17. The van der Waals surface area contributed by atoms with Gasteiger partial charge in [-0.25, -0.2) is 4.98 Å². The van der Waals surface area contributed by atoms with Crippen molar-refractivity contribution < 1.29 is 0 Å². The number of likely N-dealkylation sites (tertiary alicyclic amines) is 1. The summed E-state index contributed by atoms with van der Waals surface area (Å²) in [5.41, 5.74) is 1.19. The molecule has 0 radical (unpaired) electrons. The van der Waals surface area contributed by atoms with E-state index in [1.165, 1.54) is 25.1 Å². The summed E-state index contributed by atoms with van der Waals surface area (Å²) in [6.45, 7) is 1.19. The van der Waals surface area contributed by atoms with Crippen molar-refractivity contribution in [1.29, 1.82) is 0 Å². The first kappa shape index (κ1) is 9.16. The monoisotopic (exact) mass is 240 g/mol. The van der Waals surface area contributed by atoms with Crippen LogP contribution in [0.15, 0.2) is 22.8 Å². The molecule has 0 saturated carbocycles. The zero-order valence-electron chi connectivity index (χ0n) is 7.70. The van der Waals surface area contributed by atoms with E-state index in [1.54, 1.807) is 0 Å². The van der Waals surface area contributed by atoms with Crippen LogP contribution in [-0.2, 0) is 0 Å². The minimum Gasteiger partial charge on any atom is -0.298 e. The minimum absolute atomic E-state index is 0.525. The van der Waals surface area contributed by atoms with Gasteiger partial charge in [0.05, 0.1) is 11.7 Å². The lowest BCUT2D eigenvalue weighted by molar-refractivity contribution is 0.311. The fourth-order valence-electron chi connectivity index (χ4n) is 1.89. The molecule has 1 atom stereocenters. The molecule has 1 aromatic rings. The molecular weight excluding hydrogens is 228 g/mol. The van der Waals surface area contributed by atoms with Crippen LogP contribution in [0.3, 0.4) is 0 Å². The number of hydrogen-bond acceptors (Lipinski definition) is 2. The Kier molecular flexibility index (Phi) is 2.65. The highest BCUT2D eigenvalue weighted by molar-refractivity contribution is 9.10.